The highest BCUT2D eigenvalue weighted by atomic mass is 16.5. The van der Waals surface area contributed by atoms with Crippen LogP contribution in [0.2, 0.25) is 0 Å². The van der Waals surface area contributed by atoms with Crippen molar-refractivity contribution in [2.24, 2.45) is 21.3 Å². The van der Waals surface area contributed by atoms with Gasteiger partial charge in [-0.1, -0.05) is 19.1 Å². The third-order valence-corrected chi connectivity index (χ3v) is 6.92. The first-order valence-corrected chi connectivity index (χ1v) is 12.1. The Kier molecular flexibility index (Phi) is 7.70. The van der Waals surface area contributed by atoms with E-state index in [2.05, 4.69) is 14.7 Å². The second kappa shape index (κ2) is 11.0. The Morgan fingerprint density at radius 2 is 2.05 bits per heavy atom. The average Bonchev–Trinajstić information content (AvgIpc) is 3.06. The number of hydrogen-bond donors (Lipinski definition) is 1. The van der Waals surface area contributed by atoms with E-state index >= 15 is 0 Å². The van der Waals surface area contributed by atoms with Crippen molar-refractivity contribution in [1.29, 1.82) is 0 Å². The number of esters is 1. The molecule has 38 heavy (non-hydrogen) atoms. The summed E-state index contributed by atoms with van der Waals surface area (Å²) in [7, 11) is 1.21. The normalized spacial score (nSPS) is 27.3. The van der Waals surface area contributed by atoms with Crippen molar-refractivity contribution in [2.75, 3.05) is 33.3 Å². The van der Waals surface area contributed by atoms with E-state index < -0.39 is 48.1 Å². The van der Waals surface area contributed by atoms with Crippen LogP contribution >= 0.6 is 0 Å². The van der Waals surface area contributed by atoms with Gasteiger partial charge in [-0.3, -0.25) is 29.0 Å². The molecular weight excluding hydrogens is 496 g/mol. The van der Waals surface area contributed by atoms with E-state index in [-0.39, 0.29) is 43.0 Å². The topological polar surface area (TPSA) is 155 Å². The zero-order valence-electron chi connectivity index (χ0n) is 21.1. The molecule has 0 aromatic carbocycles. The quantitative estimate of drug-likeness (QED) is 0.531. The zero-order valence-corrected chi connectivity index (χ0v) is 21.1. The van der Waals surface area contributed by atoms with E-state index in [4.69, 9.17) is 4.74 Å². The fourth-order valence-corrected chi connectivity index (χ4v) is 4.70. The van der Waals surface area contributed by atoms with Gasteiger partial charge < -0.3 is 24.4 Å². The number of carbonyl (C=O) groups excluding carboxylic acids is 4. The van der Waals surface area contributed by atoms with Gasteiger partial charge in [-0.15, -0.1) is 0 Å². The standard InChI is InChI=1S/C26H28N4O8/c1-16-18-12-21(33)30(10-5-22(34)37-2)15-20(32)28-8-7-27-14-17-4-3-9-29-11-6-26(25(35)36,13-19(16)31)23(18)38-24(17)29/h3-4,6-8,11,16H,5,9-10,12-15H2,1-2H3,(H,35,36)/b27-7-,28-8-/t16-,26+/m0/s1. The number of methoxy groups -OCH3 is 1. The Labute approximate surface area is 218 Å². The number of carbonyl (C=O) groups is 5. The van der Waals surface area contributed by atoms with Gasteiger partial charge in [0, 0.05) is 49.6 Å². The van der Waals surface area contributed by atoms with E-state index in [1.807, 2.05) is 12.2 Å². The van der Waals surface area contributed by atoms with Crippen LogP contribution < -0.4 is 0 Å². The molecule has 3 aliphatic heterocycles. The largest absolute Gasteiger partial charge is 0.480 e. The monoisotopic (exact) mass is 524 g/mol. The lowest BCUT2D eigenvalue weighted by Gasteiger charge is -2.36. The number of nitrogens with zero attached hydrogens (tertiary/aromatic N) is 4. The molecule has 2 atom stereocenters. The molecule has 0 saturated heterocycles. The summed E-state index contributed by atoms with van der Waals surface area (Å²) in [6, 6.07) is 0. The summed E-state index contributed by atoms with van der Waals surface area (Å²) < 4.78 is 11.0. The number of carboxylic acids is 1. The molecule has 0 aromatic rings. The van der Waals surface area contributed by atoms with Gasteiger partial charge in [0.25, 0.3) is 5.91 Å². The first kappa shape index (κ1) is 26.7. The van der Waals surface area contributed by atoms with Gasteiger partial charge in [-0.2, -0.15) is 0 Å². The summed E-state index contributed by atoms with van der Waals surface area (Å²) >= 11 is 0. The maximum atomic E-state index is 13.5. The van der Waals surface area contributed by atoms with Crippen LogP contribution in [0, 0.1) is 11.3 Å². The third kappa shape index (κ3) is 5.20. The summed E-state index contributed by atoms with van der Waals surface area (Å²) in [6.45, 7) is 1.59. The number of carboxylic acid groups (broad SMARTS) is 1. The van der Waals surface area contributed by atoms with E-state index in [0.717, 1.165) is 4.90 Å². The van der Waals surface area contributed by atoms with Crippen LogP contribution in [0.5, 0.6) is 0 Å². The fourth-order valence-electron chi connectivity index (χ4n) is 4.70. The molecule has 0 saturated carbocycles. The van der Waals surface area contributed by atoms with Gasteiger partial charge in [0.15, 0.2) is 5.41 Å². The number of aliphatic imine (C=N–C) groups is 2. The second-order valence-electron chi connectivity index (χ2n) is 9.28. The van der Waals surface area contributed by atoms with E-state index in [1.54, 1.807) is 18.0 Å². The zero-order chi connectivity index (χ0) is 27.4. The first-order valence-electron chi connectivity index (χ1n) is 12.1. The molecule has 0 radical (unpaired) electrons. The van der Waals surface area contributed by atoms with Crippen molar-refractivity contribution < 1.29 is 38.6 Å². The molecule has 1 aliphatic carbocycles. The summed E-state index contributed by atoms with van der Waals surface area (Å²) in [4.78, 5) is 74.5. The van der Waals surface area contributed by atoms with Gasteiger partial charge in [-0.25, -0.2) is 4.99 Å². The third-order valence-electron chi connectivity index (χ3n) is 6.92. The molecule has 2 amide bonds. The highest BCUT2D eigenvalue weighted by Gasteiger charge is 2.52. The number of ketones is 1. The van der Waals surface area contributed by atoms with Crippen molar-refractivity contribution >= 4 is 42.0 Å². The predicted octanol–water partition coefficient (Wildman–Crippen LogP) is 1.01. The fraction of sp³-hybridized carbons (Fsp3) is 0.423. The molecule has 3 heterocycles. The van der Waals surface area contributed by atoms with Gasteiger partial charge in [0.2, 0.25) is 11.8 Å². The van der Waals surface area contributed by atoms with Crippen LogP contribution in [0.1, 0.15) is 26.2 Å². The van der Waals surface area contributed by atoms with E-state index in [9.17, 15) is 29.1 Å². The maximum absolute atomic E-state index is 13.5. The van der Waals surface area contributed by atoms with Crippen LogP contribution in [0.3, 0.4) is 0 Å². The molecule has 12 nitrogen and oxygen atoms in total. The van der Waals surface area contributed by atoms with E-state index in [1.165, 1.54) is 25.6 Å². The number of aliphatic carboxylic acids is 1. The summed E-state index contributed by atoms with van der Waals surface area (Å²) in [5, 5.41) is 10.4. The molecule has 4 rings (SSSR count). The maximum Gasteiger partial charge on any atom is 0.321 e. The van der Waals surface area contributed by atoms with Crippen molar-refractivity contribution in [1.82, 2.24) is 9.80 Å². The SMILES string of the molecule is COC(=O)CCN1CC(=O)/N=C\C=N/CC2=C3OC4=C(CC1=O)[C@H](C)C(=O)C[C@]4(C(=O)O)C=CN3CC=C2. The lowest BCUT2D eigenvalue weighted by atomic mass is 9.69. The average molecular weight is 525 g/mol. The number of hydrogen-bond acceptors (Lipinski definition) is 9. The molecule has 1 N–H and O–H groups in total. The minimum atomic E-state index is -1.82. The predicted molar refractivity (Wildman–Crippen MR) is 134 cm³/mol. The van der Waals surface area contributed by atoms with Crippen molar-refractivity contribution in [3.8, 4) is 0 Å². The number of Topliss-reactive ketones (excluding diaryl/α,β-unsaturated/α-hetero) is 1. The van der Waals surface area contributed by atoms with Crippen LogP contribution in [0.25, 0.3) is 0 Å². The van der Waals surface area contributed by atoms with Crippen LogP contribution in [-0.4, -0.2) is 90.2 Å². The highest BCUT2D eigenvalue weighted by Crippen LogP contribution is 2.48. The second-order valence-corrected chi connectivity index (χ2v) is 9.28. The molecule has 200 valence electrons. The van der Waals surface area contributed by atoms with Gasteiger partial charge >= 0.3 is 11.9 Å². The number of rotatable bonds is 4. The Morgan fingerprint density at radius 3 is 2.79 bits per heavy atom. The first-order chi connectivity index (χ1) is 18.2. The van der Waals surface area contributed by atoms with Gasteiger partial charge in [0.1, 0.15) is 18.1 Å². The molecule has 12 heteroatoms. The van der Waals surface area contributed by atoms with Crippen molar-refractivity contribution in [3.63, 3.8) is 0 Å². The Bertz CT molecular complexity index is 1260. The minimum Gasteiger partial charge on any atom is -0.480 e. The molecule has 0 spiro atoms. The summed E-state index contributed by atoms with van der Waals surface area (Å²) in [5.41, 5.74) is -0.976. The van der Waals surface area contributed by atoms with Gasteiger partial charge in [-0.05, 0) is 11.6 Å². The molecule has 0 fully saturated rings. The van der Waals surface area contributed by atoms with Crippen molar-refractivity contribution in [3.05, 3.63) is 47.2 Å². The number of amides is 2. The van der Waals surface area contributed by atoms with Crippen molar-refractivity contribution in [2.45, 2.75) is 26.2 Å². The lowest BCUT2D eigenvalue weighted by molar-refractivity contribution is -0.149. The smallest absolute Gasteiger partial charge is 0.321 e. The Hall–Kier alpha value is -4.35. The lowest BCUT2D eigenvalue weighted by Crippen LogP contribution is -2.43. The van der Waals surface area contributed by atoms with E-state index in [0.29, 0.717) is 18.0 Å². The van der Waals surface area contributed by atoms with Crippen LogP contribution in [0.15, 0.2) is 57.2 Å². The Morgan fingerprint density at radius 1 is 1.26 bits per heavy atom. The highest BCUT2D eigenvalue weighted by molar-refractivity contribution is 6.19. The van der Waals surface area contributed by atoms with Crippen LogP contribution in [0.4, 0.5) is 0 Å². The molecule has 2 bridgehead atoms. The Balaban J connectivity index is 1.88. The van der Waals surface area contributed by atoms with Crippen LogP contribution in [-0.2, 0) is 33.4 Å². The summed E-state index contributed by atoms with van der Waals surface area (Å²) in [6.07, 6.45) is 8.35. The van der Waals surface area contributed by atoms with Gasteiger partial charge in [0.05, 0.1) is 26.5 Å². The summed E-state index contributed by atoms with van der Waals surface area (Å²) in [5.74, 6) is -3.92. The molecule has 4 aliphatic rings. The minimum absolute atomic E-state index is 0.00125. The molecular formula is C26H28N4O8. The number of ether oxygens (including phenoxy) is 2. The molecule has 0 unspecified atom stereocenters. The molecule has 0 aromatic heterocycles.